The second-order valence-corrected chi connectivity index (χ2v) is 4.75. The van der Waals surface area contributed by atoms with E-state index < -0.39 is 0 Å². The number of anilines is 1. The number of phenolic OH excluding ortho intramolecular Hbond substituents is 1. The summed E-state index contributed by atoms with van der Waals surface area (Å²) in [7, 11) is 0. The van der Waals surface area contributed by atoms with Gasteiger partial charge in [-0.3, -0.25) is 4.79 Å². The van der Waals surface area contributed by atoms with Gasteiger partial charge in [-0.1, -0.05) is 0 Å². The van der Waals surface area contributed by atoms with Gasteiger partial charge in [-0.15, -0.1) is 12.4 Å². The van der Waals surface area contributed by atoms with Crippen LogP contribution in [0, 0.1) is 0 Å². The molecule has 4 N–H and O–H groups in total. The highest BCUT2D eigenvalue weighted by molar-refractivity contribution is 6.06. The third kappa shape index (κ3) is 4.15. The van der Waals surface area contributed by atoms with Gasteiger partial charge < -0.3 is 20.8 Å². The molecule has 1 fully saturated rings. The molecule has 0 saturated carbocycles. The van der Waals surface area contributed by atoms with Crippen LogP contribution in [0.3, 0.4) is 0 Å². The number of nitrogens with two attached hydrogens (primary N) is 1. The van der Waals surface area contributed by atoms with E-state index in [2.05, 4.69) is 0 Å². The van der Waals surface area contributed by atoms with Crippen LogP contribution in [0.15, 0.2) is 30.5 Å². The average molecular weight is 299 g/mol. The number of benzene rings is 1. The molecular formula is C14H19ClN2O3. The maximum atomic E-state index is 12.0. The first-order valence-corrected chi connectivity index (χ1v) is 6.29. The molecule has 1 saturated heterocycles. The number of halogens is 1. The summed E-state index contributed by atoms with van der Waals surface area (Å²) < 4.78 is 0. The van der Waals surface area contributed by atoms with Crippen LogP contribution in [0.5, 0.6) is 5.75 Å². The van der Waals surface area contributed by atoms with E-state index in [9.17, 15) is 15.0 Å². The number of carbonyl (C=O) groups is 1. The van der Waals surface area contributed by atoms with Gasteiger partial charge in [0, 0.05) is 31.1 Å². The van der Waals surface area contributed by atoms with Gasteiger partial charge in [0.1, 0.15) is 5.75 Å². The normalized spacial score (nSPS) is 18.9. The highest BCUT2D eigenvalue weighted by atomic mass is 35.5. The number of hydrogen-bond acceptors (Lipinski definition) is 5. The van der Waals surface area contributed by atoms with Crippen molar-refractivity contribution in [1.29, 1.82) is 0 Å². The third-order valence-corrected chi connectivity index (χ3v) is 3.15. The highest BCUT2D eigenvalue weighted by Crippen LogP contribution is 2.20. The molecule has 0 radical (unpaired) electrons. The van der Waals surface area contributed by atoms with Crippen molar-refractivity contribution < 1.29 is 15.0 Å². The molecule has 1 heterocycles. The molecule has 110 valence electrons. The van der Waals surface area contributed by atoms with Gasteiger partial charge in [0.25, 0.3) is 0 Å². The lowest BCUT2D eigenvalue weighted by molar-refractivity contribution is 0.0927. The van der Waals surface area contributed by atoms with Crippen LogP contribution in [-0.4, -0.2) is 40.1 Å². The molecular weight excluding hydrogens is 280 g/mol. The molecule has 0 amide bonds. The molecule has 0 aliphatic carbocycles. The molecule has 1 aliphatic heterocycles. The van der Waals surface area contributed by atoms with Crippen molar-refractivity contribution >= 4 is 23.9 Å². The Bertz CT molecular complexity index is 505. The van der Waals surface area contributed by atoms with Gasteiger partial charge in [-0.25, -0.2) is 0 Å². The van der Waals surface area contributed by atoms with E-state index >= 15 is 0 Å². The van der Waals surface area contributed by atoms with E-state index in [1.807, 2.05) is 4.90 Å². The van der Waals surface area contributed by atoms with Gasteiger partial charge >= 0.3 is 0 Å². The monoisotopic (exact) mass is 298 g/mol. The molecule has 1 aromatic rings. The molecule has 0 bridgehead atoms. The SMILES string of the molecule is Cl.Nc1ccc(O)c(C(=O)C=CN2CCCC(O)C2)c1. The first kappa shape index (κ1) is 16.3. The number of aromatic hydroxyl groups is 1. The Labute approximate surface area is 124 Å². The van der Waals surface area contributed by atoms with Crippen molar-refractivity contribution in [1.82, 2.24) is 4.90 Å². The van der Waals surface area contributed by atoms with Crippen LogP contribution in [0.2, 0.25) is 0 Å². The van der Waals surface area contributed by atoms with Crippen LogP contribution >= 0.6 is 12.4 Å². The molecule has 0 spiro atoms. The van der Waals surface area contributed by atoms with E-state index in [1.165, 1.54) is 24.3 Å². The van der Waals surface area contributed by atoms with Crippen LogP contribution in [0.1, 0.15) is 23.2 Å². The largest absolute Gasteiger partial charge is 0.507 e. The molecule has 0 aromatic heterocycles. The molecule has 1 aromatic carbocycles. The number of β-amino-alcohol motifs (C(OH)–C–C–N with tert-alkyl or cyclic N) is 1. The first-order chi connectivity index (χ1) is 9.06. The molecule has 20 heavy (non-hydrogen) atoms. The van der Waals surface area contributed by atoms with E-state index in [1.54, 1.807) is 6.20 Å². The number of piperidine rings is 1. The minimum Gasteiger partial charge on any atom is -0.507 e. The fourth-order valence-corrected chi connectivity index (χ4v) is 2.13. The number of allylic oxidation sites excluding steroid dienone is 1. The van der Waals surface area contributed by atoms with E-state index in [0.29, 0.717) is 12.2 Å². The summed E-state index contributed by atoms with van der Waals surface area (Å²) in [5.74, 6) is -0.382. The van der Waals surface area contributed by atoms with Gasteiger partial charge in [0.05, 0.1) is 11.7 Å². The van der Waals surface area contributed by atoms with Gasteiger partial charge in [-0.05, 0) is 31.0 Å². The van der Waals surface area contributed by atoms with Crippen LogP contribution < -0.4 is 5.73 Å². The van der Waals surface area contributed by atoms with E-state index in [4.69, 9.17) is 5.73 Å². The number of nitrogens with zero attached hydrogens (tertiary/aromatic N) is 1. The number of hydrogen-bond donors (Lipinski definition) is 3. The van der Waals surface area contributed by atoms with Crippen molar-refractivity contribution in [3.8, 4) is 5.75 Å². The summed E-state index contributed by atoms with van der Waals surface area (Å²) >= 11 is 0. The van der Waals surface area contributed by atoms with Crippen LogP contribution in [0.4, 0.5) is 5.69 Å². The summed E-state index contributed by atoms with van der Waals surface area (Å²) in [6.07, 6.45) is 4.42. The number of ketones is 1. The maximum absolute atomic E-state index is 12.0. The quantitative estimate of drug-likeness (QED) is 0.341. The Morgan fingerprint density at radius 1 is 1.45 bits per heavy atom. The van der Waals surface area contributed by atoms with Gasteiger partial charge in [0.15, 0.2) is 5.78 Å². The Morgan fingerprint density at radius 2 is 2.20 bits per heavy atom. The lowest BCUT2D eigenvalue weighted by atomic mass is 10.1. The van der Waals surface area contributed by atoms with Crippen LogP contribution in [0.25, 0.3) is 0 Å². The second-order valence-electron chi connectivity index (χ2n) is 4.75. The lowest BCUT2D eigenvalue weighted by Gasteiger charge is -2.28. The molecule has 2 rings (SSSR count). The standard InChI is InChI=1S/C14H18N2O3.ClH/c15-10-3-4-13(18)12(8-10)14(19)5-7-16-6-1-2-11(17)9-16;/h3-5,7-8,11,17-18H,1-2,6,9,15H2;1H. The number of aliphatic hydroxyl groups is 1. The van der Waals surface area contributed by atoms with Crippen molar-refractivity contribution in [2.24, 2.45) is 0 Å². The average Bonchev–Trinajstić information content (AvgIpc) is 2.39. The summed E-state index contributed by atoms with van der Waals surface area (Å²) in [6, 6.07) is 4.39. The Balaban J connectivity index is 0.00000200. The maximum Gasteiger partial charge on any atom is 0.191 e. The zero-order valence-electron chi connectivity index (χ0n) is 11.0. The molecule has 1 atom stereocenters. The number of aliphatic hydroxyl groups excluding tert-OH is 1. The van der Waals surface area contributed by atoms with Gasteiger partial charge in [-0.2, -0.15) is 0 Å². The summed E-state index contributed by atoms with van der Waals surface area (Å²) in [6.45, 7) is 1.36. The second kappa shape index (κ2) is 7.17. The fourth-order valence-electron chi connectivity index (χ4n) is 2.13. The van der Waals surface area contributed by atoms with Crippen molar-refractivity contribution in [2.45, 2.75) is 18.9 Å². The smallest absolute Gasteiger partial charge is 0.191 e. The zero-order valence-corrected chi connectivity index (χ0v) is 11.8. The zero-order chi connectivity index (χ0) is 13.8. The minimum absolute atomic E-state index is 0. The molecule has 1 aliphatic rings. The predicted octanol–water partition coefficient (Wildman–Crippen LogP) is 1.55. The molecule has 1 unspecified atom stereocenters. The first-order valence-electron chi connectivity index (χ1n) is 6.29. The van der Waals surface area contributed by atoms with E-state index in [-0.39, 0.29) is 35.6 Å². The highest BCUT2D eigenvalue weighted by Gasteiger charge is 2.15. The number of rotatable bonds is 3. The number of carbonyl (C=O) groups excluding carboxylic acids is 1. The lowest BCUT2D eigenvalue weighted by Crippen LogP contribution is -2.34. The van der Waals surface area contributed by atoms with Crippen molar-refractivity contribution in [2.75, 3.05) is 18.8 Å². The number of phenols is 1. The number of nitrogen functional groups attached to an aromatic ring is 1. The Morgan fingerprint density at radius 3 is 2.90 bits per heavy atom. The van der Waals surface area contributed by atoms with Gasteiger partial charge in [0.2, 0.25) is 0 Å². The molecule has 5 nitrogen and oxygen atoms in total. The summed E-state index contributed by atoms with van der Waals surface area (Å²) in [4.78, 5) is 13.8. The van der Waals surface area contributed by atoms with Crippen LogP contribution in [-0.2, 0) is 0 Å². The molecule has 6 heteroatoms. The minimum atomic E-state index is -0.339. The summed E-state index contributed by atoms with van der Waals surface area (Å²) in [5.41, 5.74) is 6.21. The Hall–Kier alpha value is -1.72. The van der Waals surface area contributed by atoms with Crippen molar-refractivity contribution in [3.63, 3.8) is 0 Å². The van der Waals surface area contributed by atoms with Crippen molar-refractivity contribution in [3.05, 3.63) is 36.0 Å². The van der Waals surface area contributed by atoms with E-state index in [0.717, 1.165) is 19.4 Å². The predicted molar refractivity (Wildman–Crippen MR) is 80.1 cm³/mol. The third-order valence-electron chi connectivity index (χ3n) is 3.15. The fraction of sp³-hybridized carbons (Fsp3) is 0.357. The number of likely N-dealkylation sites (tertiary alicyclic amines) is 1. The summed E-state index contributed by atoms with van der Waals surface area (Å²) in [5, 5.41) is 19.1. The Kier molecular flexibility index (Phi) is 5.85. The topological polar surface area (TPSA) is 86.8 Å².